The molecule has 0 heteroatoms. The third-order valence-corrected chi connectivity index (χ3v) is 3.18. The number of benzene rings is 3. The molecule has 82 valence electrons. The molecule has 0 fully saturated rings. The first kappa shape index (κ1) is 10.5. The highest BCUT2D eigenvalue weighted by Gasteiger charge is 2.05. The van der Waals surface area contributed by atoms with Gasteiger partial charge in [-0.1, -0.05) is 42.2 Å². The maximum atomic E-state index is 5.58. The van der Waals surface area contributed by atoms with Gasteiger partial charge >= 0.3 is 0 Å². The number of fused-ring (bicyclic) bond motifs is 3. The molecule has 3 aromatic carbocycles. The minimum atomic E-state index is 0.890. The largest absolute Gasteiger partial charge is 0.115 e. The van der Waals surface area contributed by atoms with Crippen LogP contribution in [0.1, 0.15) is 11.1 Å². The summed E-state index contributed by atoms with van der Waals surface area (Å²) in [6.07, 6.45) is 11.0. The van der Waals surface area contributed by atoms with Crippen LogP contribution in [-0.2, 0) is 0 Å². The zero-order chi connectivity index (χ0) is 12.5. The van der Waals surface area contributed by atoms with E-state index in [9.17, 15) is 0 Å². The molecule has 18 heavy (non-hydrogen) atoms. The van der Waals surface area contributed by atoms with Crippen LogP contribution in [0.4, 0.5) is 0 Å². The van der Waals surface area contributed by atoms with Gasteiger partial charge in [0.1, 0.15) is 0 Å². The maximum absolute atomic E-state index is 5.58. The molecule has 0 atom stereocenters. The van der Waals surface area contributed by atoms with Crippen LogP contribution in [0, 0.1) is 24.7 Å². The summed E-state index contributed by atoms with van der Waals surface area (Å²) in [7, 11) is 0. The molecule has 3 rings (SSSR count). The second kappa shape index (κ2) is 3.95. The Hall–Kier alpha value is -2.70. The van der Waals surface area contributed by atoms with Crippen molar-refractivity contribution in [2.75, 3.05) is 0 Å². The molecule has 3 aromatic rings. The molecule has 0 spiro atoms. The summed E-state index contributed by atoms with van der Waals surface area (Å²) in [6.45, 7) is 0. The molecule has 0 heterocycles. The lowest BCUT2D eigenvalue weighted by Crippen LogP contribution is -1.84. The van der Waals surface area contributed by atoms with Crippen LogP contribution < -0.4 is 0 Å². The van der Waals surface area contributed by atoms with Crippen LogP contribution in [0.5, 0.6) is 0 Å². The summed E-state index contributed by atoms with van der Waals surface area (Å²) in [4.78, 5) is 0. The van der Waals surface area contributed by atoms with Gasteiger partial charge in [0.05, 0.1) is 0 Å². The lowest BCUT2D eigenvalue weighted by Gasteiger charge is -2.07. The van der Waals surface area contributed by atoms with Crippen LogP contribution in [-0.4, -0.2) is 0 Å². The number of hydrogen-bond donors (Lipinski definition) is 0. The average Bonchev–Trinajstić information content (AvgIpc) is 2.45. The topological polar surface area (TPSA) is 0 Å². The first-order valence-electron chi connectivity index (χ1n) is 5.72. The van der Waals surface area contributed by atoms with E-state index in [1.54, 1.807) is 0 Å². The molecule has 0 saturated carbocycles. The van der Waals surface area contributed by atoms with Crippen LogP contribution in [0.2, 0.25) is 0 Å². The Morgan fingerprint density at radius 2 is 1.50 bits per heavy atom. The maximum Gasteiger partial charge on any atom is 0.0327 e. The molecule has 0 unspecified atom stereocenters. The predicted molar refractivity (Wildman–Crippen MR) is 77.3 cm³/mol. The van der Waals surface area contributed by atoms with E-state index in [0.29, 0.717) is 0 Å². The fourth-order valence-corrected chi connectivity index (χ4v) is 2.31. The Morgan fingerprint density at radius 1 is 0.722 bits per heavy atom. The van der Waals surface area contributed by atoms with Crippen molar-refractivity contribution in [1.29, 1.82) is 0 Å². The molecule has 0 saturated heterocycles. The third-order valence-electron chi connectivity index (χ3n) is 3.18. The number of terminal acetylenes is 2. The van der Waals surface area contributed by atoms with E-state index < -0.39 is 0 Å². The summed E-state index contributed by atoms with van der Waals surface area (Å²) >= 11 is 0. The van der Waals surface area contributed by atoms with Crippen LogP contribution in [0.3, 0.4) is 0 Å². The zero-order valence-electron chi connectivity index (χ0n) is 9.77. The van der Waals surface area contributed by atoms with Crippen molar-refractivity contribution in [2.24, 2.45) is 0 Å². The molecule has 0 aliphatic carbocycles. The van der Waals surface area contributed by atoms with E-state index >= 15 is 0 Å². The molecular formula is C18H10. The van der Waals surface area contributed by atoms with Crippen LogP contribution in [0.25, 0.3) is 21.5 Å². The van der Waals surface area contributed by atoms with Crippen molar-refractivity contribution >= 4 is 21.5 Å². The Bertz CT molecular complexity index is 839. The first-order valence-corrected chi connectivity index (χ1v) is 5.72. The Morgan fingerprint density at radius 3 is 2.22 bits per heavy atom. The summed E-state index contributed by atoms with van der Waals surface area (Å²) in [5, 5.41) is 4.53. The van der Waals surface area contributed by atoms with Gasteiger partial charge in [-0.2, -0.15) is 0 Å². The minimum absolute atomic E-state index is 0.890. The van der Waals surface area contributed by atoms with Gasteiger partial charge < -0.3 is 0 Å². The molecular weight excluding hydrogens is 216 g/mol. The molecule has 0 aromatic heterocycles. The van der Waals surface area contributed by atoms with Crippen molar-refractivity contribution in [3.05, 3.63) is 59.7 Å². The smallest absolute Gasteiger partial charge is 0.0327 e. The van der Waals surface area contributed by atoms with Gasteiger partial charge in [0.25, 0.3) is 0 Å². The van der Waals surface area contributed by atoms with E-state index in [2.05, 4.69) is 17.9 Å². The SMILES string of the molecule is C#Cc1ccc2cc(C#C)c3ccccc3c2c1. The van der Waals surface area contributed by atoms with Crippen molar-refractivity contribution in [2.45, 2.75) is 0 Å². The molecule has 0 aliphatic rings. The molecule has 0 aliphatic heterocycles. The minimum Gasteiger partial charge on any atom is -0.115 e. The highest BCUT2D eigenvalue weighted by atomic mass is 14.1. The average molecular weight is 226 g/mol. The molecule has 0 radical (unpaired) electrons. The first-order chi connectivity index (χ1) is 8.83. The van der Waals surface area contributed by atoms with Gasteiger partial charge in [0.2, 0.25) is 0 Å². The normalized spacial score (nSPS) is 10.1. The van der Waals surface area contributed by atoms with Crippen molar-refractivity contribution in [3.8, 4) is 24.7 Å². The van der Waals surface area contributed by atoms with E-state index in [0.717, 1.165) is 32.7 Å². The molecule has 0 nitrogen and oxygen atoms in total. The Balaban J connectivity index is 2.58. The zero-order valence-corrected chi connectivity index (χ0v) is 9.77. The second-order valence-electron chi connectivity index (χ2n) is 4.19. The van der Waals surface area contributed by atoms with Crippen molar-refractivity contribution in [3.63, 3.8) is 0 Å². The highest BCUT2D eigenvalue weighted by molar-refractivity contribution is 6.10. The molecule has 0 amide bonds. The standard InChI is InChI=1S/C18H10/c1-3-13-9-10-15-12-14(4-2)16-7-5-6-8-17(16)18(15)11-13/h1-2,5-12H. The number of hydrogen-bond acceptors (Lipinski definition) is 0. The van der Waals surface area contributed by atoms with Gasteiger partial charge in [-0.05, 0) is 39.7 Å². The van der Waals surface area contributed by atoms with E-state index in [-0.39, 0.29) is 0 Å². The lowest BCUT2D eigenvalue weighted by molar-refractivity contribution is 1.70. The quantitative estimate of drug-likeness (QED) is 0.402. The predicted octanol–water partition coefficient (Wildman–Crippen LogP) is 3.96. The van der Waals surface area contributed by atoms with Gasteiger partial charge in [-0.25, -0.2) is 0 Å². The van der Waals surface area contributed by atoms with E-state index in [1.807, 2.05) is 42.5 Å². The van der Waals surface area contributed by atoms with Gasteiger partial charge in [0, 0.05) is 11.1 Å². The molecule has 0 bridgehead atoms. The van der Waals surface area contributed by atoms with Gasteiger partial charge in [-0.15, -0.1) is 12.8 Å². The van der Waals surface area contributed by atoms with Crippen molar-refractivity contribution in [1.82, 2.24) is 0 Å². The summed E-state index contributed by atoms with van der Waals surface area (Å²) in [5.41, 5.74) is 1.81. The lowest BCUT2D eigenvalue weighted by atomic mass is 9.96. The van der Waals surface area contributed by atoms with E-state index in [4.69, 9.17) is 12.8 Å². The second-order valence-corrected chi connectivity index (χ2v) is 4.19. The van der Waals surface area contributed by atoms with Crippen LogP contribution >= 0.6 is 0 Å². The fourth-order valence-electron chi connectivity index (χ4n) is 2.31. The van der Waals surface area contributed by atoms with Gasteiger partial charge in [-0.3, -0.25) is 0 Å². The van der Waals surface area contributed by atoms with Gasteiger partial charge in [0.15, 0.2) is 0 Å². The van der Waals surface area contributed by atoms with Crippen molar-refractivity contribution < 1.29 is 0 Å². The third kappa shape index (κ3) is 1.45. The summed E-state index contributed by atoms with van der Waals surface area (Å²) < 4.78 is 0. The Kier molecular flexibility index (Phi) is 2.30. The van der Waals surface area contributed by atoms with E-state index in [1.165, 1.54) is 0 Å². The van der Waals surface area contributed by atoms with Crippen LogP contribution in [0.15, 0.2) is 48.5 Å². The summed E-state index contributed by atoms with van der Waals surface area (Å²) in [5.74, 6) is 5.42. The highest BCUT2D eigenvalue weighted by Crippen LogP contribution is 2.28. The monoisotopic (exact) mass is 226 g/mol. The Labute approximate surface area is 106 Å². The number of rotatable bonds is 0. The fraction of sp³-hybridized carbons (Fsp3) is 0. The summed E-state index contributed by atoms with van der Waals surface area (Å²) in [6, 6.07) is 16.2. The molecule has 0 N–H and O–H groups in total.